The molecule has 0 bridgehead atoms. The van der Waals surface area contributed by atoms with Gasteiger partial charge in [-0.05, 0) is 19.9 Å². The van der Waals surface area contributed by atoms with Crippen molar-refractivity contribution in [2.24, 2.45) is 11.3 Å². The summed E-state index contributed by atoms with van der Waals surface area (Å²) in [6.45, 7) is 3.33. The summed E-state index contributed by atoms with van der Waals surface area (Å²) in [5.74, 6) is 4.94. The van der Waals surface area contributed by atoms with E-state index in [-0.39, 0.29) is 29.0 Å². The van der Waals surface area contributed by atoms with Gasteiger partial charge in [-0.3, -0.25) is 20.3 Å². The summed E-state index contributed by atoms with van der Waals surface area (Å²) in [4.78, 5) is 21.4. The fourth-order valence-corrected chi connectivity index (χ4v) is 1.47. The van der Waals surface area contributed by atoms with Gasteiger partial charge in [0.05, 0.1) is 15.4 Å². The first-order valence-corrected chi connectivity index (χ1v) is 5.73. The van der Waals surface area contributed by atoms with E-state index in [1.165, 1.54) is 18.2 Å². The normalized spacial score (nSPS) is 10.9. The second-order valence-corrected chi connectivity index (χ2v) is 4.93. The number of benzene rings is 1. The van der Waals surface area contributed by atoms with Crippen molar-refractivity contribution in [2.45, 2.75) is 13.8 Å². The summed E-state index contributed by atoms with van der Waals surface area (Å²) in [6.07, 6.45) is 0. The second kappa shape index (κ2) is 5.85. The number of nitrogens with zero attached hydrogens (tertiary/aromatic N) is 1. The highest BCUT2D eigenvalue weighted by Gasteiger charge is 2.28. The molecule has 0 saturated heterocycles. The van der Waals surface area contributed by atoms with E-state index in [2.05, 4.69) is 0 Å². The number of hydrazine groups is 1. The summed E-state index contributed by atoms with van der Waals surface area (Å²) >= 11 is 5.86. The van der Waals surface area contributed by atoms with Crippen LogP contribution in [0.5, 0.6) is 5.75 Å². The lowest BCUT2D eigenvalue weighted by Crippen LogP contribution is -2.44. The quantitative estimate of drug-likeness (QED) is 0.370. The van der Waals surface area contributed by atoms with E-state index in [4.69, 9.17) is 22.2 Å². The Morgan fingerprint density at radius 3 is 2.68 bits per heavy atom. The zero-order chi connectivity index (χ0) is 14.6. The van der Waals surface area contributed by atoms with Crippen LogP contribution in [0.15, 0.2) is 18.2 Å². The standard InChI is InChI=1S/C11H14ClN3O4/c1-11(2,10(16)14-13)6-19-9-4-3-7(15(17)18)5-8(9)12/h3-5H,6,13H2,1-2H3,(H,14,16). The molecular formula is C11H14ClN3O4. The third-order valence-electron chi connectivity index (χ3n) is 2.46. The van der Waals surface area contributed by atoms with Crippen LogP contribution in [0.2, 0.25) is 5.02 Å². The molecule has 0 saturated carbocycles. The molecule has 0 spiro atoms. The molecule has 0 unspecified atom stereocenters. The van der Waals surface area contributed by atoms with Crippen molar-refractivity contribution >= 4 is 23.2 Å². The average Bonchev–Trinajstić information content (AvgIpc) is 2.36. The third kappa shape index (κ3) is 3.80. The van der Waals surface area contributed by atoms with Crippen LogP contribution < -0.4 is 16.0 Å². The van der Waals surface area contributed by atoms with Gasteiger partial charge in [0.25, 0.3) is 5.69 Å². The molecule has 1 rings (SSSR count). The SMILES string of the molecule is CC(C)(COc1ccc([N+](=O)[O-])cc1Cl)C(=O)NN. The maximum atomic E-state index is 11.4. The van der Waals surface area contributed by atoms with Crippen molar-refractivity contribution in [1.82, 2.24) is 5.43 Å². The number of rotatable bonds is 5. The number of hydrogen-bond donors (Lipinski definition) is 2. The first kappa shape index (κ1) is 15.2. The zero-order valence-electron chi connectivity index (χ0n) is 10.5. The van der Waals surface area contributed by atoms with Gasteiger partial charge < -0.3 is 4.74 Å². The number of nitrogens with one attached hydrogen (secondary N) is 1. The van der Waals surface area contributed by atoms with Crippen LogP contribution >= 0.6 is 11.6 Å². The van der Waals surface area contributed by atoms with Crippen LogP contribution in [0.4, 0.5) is 5.69 Å². The number of nitro benzene ring substituents is 1. The van der Waals surface area contributed by atoms with Crippen LogP contribution in [-0.2, 0) is 4.79 Å². The molecule has 0 aliphatic heterocycles. The number of amides is 1. The van der Waals surface area contributed by atoms with E-state index in [1.807, 2.05) is 5.43 Å². The number of carbonyl (C=O) groups excluding carboxylic acids is 1. The Balaban J connectivity index is 2.79. The molecule has 3 N–H and O–H groups in total. The van der Waals surface area contributed by atoms with Crippen molar-refractivity contribution in [2.75, 3.05) is 6.61 Å². The number of non-ortho nitro benzene ring substituents is 1. The van der Waals surface area contributed by atoms with Gasteiger partial charge in [-0.25, -0.2) is 5.84 Å². The Hall–Kier alpha value is -1.86. The van der Waals surface area contributed by atoms with Crippen molar-refractivity contribution in [3.05, 3.63) is 33.3 Å². The molecule has 0 fully saturated rings. The van der Waals surface area contributed by atoms with Gasteiger partial charge in [0, 0.05) is 12.1 Å². The van der Waals surface area contributed by atoms with Crippen LogP contribution in [0, 0.1) is 15.5 Å². The van der Waals surface area contributed by atoms with Gasteiger partial charge in [0.15, 0.2) is 0 Å². The van der Waals surface area contributed by atoms with Gasteiger partial charge in [-0.15, -0.1) is 0 Å². The fourth-order valence-electron chi connectivity index (χ4n) is 1.24. The molecule has 1 aromatic rings. The van der Waals surface area contributed by atoms with E-state index in [9.17, 15) is 14.9 Å². The minimum atomic E-state index is -0.847. The average molecular weight is 288 g/mol. The maximum absolute atomic E-state index is 11.4. The molecular weight excluding hydrogens is 274 g/mol. The Kier molecular flexibility index (Phi) is 4.68. The predicted octanol–water partition coefficient (Wildman–Crippen LogP) is 1.64. The third-order valence-corrected chi connectivity index (χ3v) is 2.76. The lowest BCUT2D eigenvalue weighted by Gasteiger charge is -2.22. The Labute approximate surface area is 114 Å². The van der Waals surface area contributed by atoms with Gasteiger partial charge in [-0.1, -0.05) is 11.6 Å². The Morgan fingerprint density at radius 2 is 2.21 bits per heavy atom. The van der Waals surface area contributed by atoms with Gasteiger partial charge in [0.2, 0.25) is 5.91 Å². The molecule has 0 aliphatic rings. The molecule has 8 heteroatoms. The zero-order valence-corrected chi connectivity index (χ0v) is 11.2. The second-order valence-electron chi connectivity index (χ2n) is 4.52. The molecule has 0 heterocycles. The van der Waals surface area contributed by atoms with Crippen molar-refractivity contribution < 1.29 is 14.5 Å². The number of hydrogen-bond acceptors (Lipinski definition) is 5. The van der Waals surface area contributed by atoms with E-state index in [0.29, 0.717) is 0 Å². The summed E-state index contributed by atoms with van der Waals surface area (Å²) in [5.41, 5.74) is 1.06. The molecule has 104 valence electrons. The summed E-state index contributed by atoms with van der Waals surface area (Å²) < 4.78 is 5.39. The minimum absolute atomic E-state index is 0.0353. The molecule has 0 aromatic heterocycles. The number of nitro groups is 1. The summed E-state index contributed by atoms with van der Waals surface area (Å²) in [5, 5.41) is 10.7. The smallest absolute Gasteiger partial charge is 0.271 e. The topological polar surface area (TPSA) is 107 Å². The van der Waals surface area contributed by atoms with E-state index < -0.39 is 10.3 Å². The van der Waals surface area contributed by atoms with Crippen molar-refractivity contribution in [3.8, 4) is 5.75 Å². The first-order chi connectivity index (χ1) is 8.77. The Morgan fingerprint density at radius 1 is 1.58 bits per heavy atom. The highest BCUT2D eigenvalue weighted by atomic mass is 35.5. The minimum Gasteiger partial charge on any atom is -0.491 e. The highest BCUT2D eigenvalue weighted by molar-refractivity contribution is 6.32. The van der Waals surface area contributed by atoms with Crippen LogP contribution in [0.25, 0.3) is 0 Å². The van der Waals surface area contributed by atoms with Gasteiger partial charge in [-0.2, -0.15) is 0 Å². The molecule has 7 nitrogen and oxygen atoms in total. The summed E-state index contributed by atoms with van der Waals surface area (Å²) in [6, 6.07) is 3.85. The fraction of sp³-hybridized carbons (Fsp3) is 0.364. The number of halogens is 1. The Bertz CT molecular complexity index is 505. The van der Waals surface area contributed by atoms with Crippen LogP contribution in [0.3, 0.4) is 0 Å². The largest absolute Gasteiger partial charge is 0.491 e. The number of nitrogens with two attached hydrogens (primary N) is 1. The number of ether oxygens (including phenoxy) is 1. The number of carbonyl (C=O) groups is 1. The molecule has 0 radical (unpaired) electrons. The van der Waals surface area contributed by atoms with E-state index in [1.54, 1.807) is 13.8 Å². The molecule has 1 amide bonds. The maximum Gasteiger partial charge on any atom is 0.271 e. The van der Waals surface area contributed by atoms with Gasteiger partial charge in [0.1, 0.15) is 12.4 Å². The lowest BCUT2D eigenvalue weighted by molar-refractivity contribution is -0.384. The highest BCUT2D eigenvalue weighted by Crippen LogP contribution is 2.30. The predicted molar refractivity (Wildman–Crippen MR) is 69.7 cm³/mol. The molecule has 0 aliphatic carbocycles. The molecule has 0 atom stereocenters. The van der Waals surface area contributed by atoms with Gasteiger partial charge >= 0.3 is 0 Å². The van der Waals surface area contributed by atoms with E-state index >= 15 is 0 Å². The van der Waals surface area contributed by atoms with Crippen LogP contribution in [-0.4, -0.2) is 17.4 Å². The lowest BCUT2D eigenvalue weighted by atomic mass is 9.94. The monoisotopic (exact) mass is 287 g/mol. The summed E-state index contributed by atoms with van der Waals surface area (Å²) in [7, 11) is 0. The van der Waals surface area contributed by atoms with E-state index in [0.717, 1.165) is 0 Å². The first-order valence-electron chi connectivity index (χ1n) is 5.35. The molecule has 19 heavy (non-hydrogen) atoms. The van der Waals surface area contributed by atoms with Crippen molar-refractivity contribution in [3.63, 3.8) is 0 Å². The molecule has 1 aromatic carbocycles. The van der Waals surface area contributed by atoms with Crippen molar-refractivity contribution in [1.29, 1.82) is 0 Å². The van der Waals surface area contributed by atoms with Crippen LogP contribution in [0.1, 0.15) is 13.8 Å².